The summed E-state index contributed by atoms with van der Waals surface area (Å²) in [4.78, 5) is 0. The number of aliphatic hydroxyl groups is 2. The first-order valence-electron chi connectivity index (χ1n) is 6.21. The Morgan fingerprint density at radius 2 is 2.25 bits per heavy atom. The Hall–Kier alpha value is -0.800. The lowest BCUT2D eigenvalue weighted by Crippen LogP contribution is -2.05. The summed E-state index contributed by atoms with van der Waals surface area (Å²) in [5, 5.41) is 19.2. The lowest BCUT2D eigenvalue weighted by Gasteiger charge is -2.07. The zero-order valence-corrected chi connectivity index (χ0v) is 9.89. The van der Waals surface area contributed by atoms with Gasteiger partial charge in [-0.2, -0.15) is 0 Å². The number of aryl methyl sites for hydroxylation is 2. The highest BCUT2D eigenvalue weighted by atomic mass is 16.3. The zero-order valence-electron chi connectivity index (χ0n) is 9.89. The van der Waals surface area contributed by atoms with Crippen LogP contribution >= 0.6 is 0 Å². The molecule has 0 saturated heterocycles. The van der Waals surface area contributed by atoms with E-state index in [0.717, 1.165) is 37.8 Å². The van der Waals surface area contributed by atoms with Crippen LogP contribution in [0.2, 0.25) is 0 Å². The van der Waals surface area contributed by atoms with Gasteiger partial charge in [0.2, 0.25) is 0 Å². The monoisotopic (exact) mass is 223 g/mol. The maximum atomic E-state index is 9.97. The predicted octanol–water partition coefficient (Wildman–Crippen LogP) is 2.02. The minimum Gasteiger partial charge on any atom is -0.393 e. The molecule has 1 aromatic rings. The average Bonchev–Trinajstić information content (AvgIpc) is 2.57. The lowest BCUT2D eigenvalue weighted by molar-refractivity contribution is 0.166. The van der Waals surface area contributed by atoms with Gasteiger partial charge in [-0.25, -0.2) is 0 Å². The molecular weight excluding hydrogens is 202 g/mol. The number of nitrogens with zero attached hydrogens (tertiary/aromatic N) is 1. The number of rotatable bonds is 3. The molecule has 1 aliphatic rings. The van der Waals surface area contributed by atoms with Gasteiger partial charge in [-0.15, -0.1) is 0 Å². The molecule has 0 aromatic carbocycles. The fourth-order valence-electron chi connectivity index (χ4n) is 2.36. The van der Waals surface area contributed by atoms with Crippen molar-refractivity contribution < 1.29 is 10.2 Å². The standard InChI is InChI=1S/C13H21NO2/c1-10(15)6-7-14-8-11-4-2-3-5-13(16)12(11)9-14/h8-10,13,15-16H,2-7H2,1H3. The third kappa shape index (κ3) is 2.66. The smallest absolute Gasteiger partial charge is 0.0807 e. The van der Waals surface area contributed by atoms with Gasteiger partial charge in [0.15, 0.2) is 0 Å². The number of aromatic nitrogens is 1. The summed E-state index contributed by atoms with van der Waals surface area (Å²) in [5.41, 5.74) is 2.39. The fraction of sp³-hybridized carbons (Fsp3) is 0.692. The molecule has 16 heavy (non-hydrogen) atoms. The van der Waals surface area contributed by atoms with E-state index < -0.39 is 0 Å². The molecule has 2 atom stereocenters. The largest absolute Gasteiger partial charge is 0.393 e. The van der Waals surface area contributed by atoms with Crippen LogP contribution in [0.1, 0.15) is 49.8 Å². The van der Waals surface area contributed by atoms with Crippen molar-refractivity contribution in [3.8, 4) is 0 Å². The number of aliphatic hydroxyl groups excluding tert-OH is 2. The first-order chi connectivity index (χ1) is 7.66. The Kier molecular flexibility index (Phi) is 3.66. The molecule has 2 N–H and O–H groups in total. The molecule has 1 aliphatic carbocycles. The minimum atomic E-state index is -0.287. The quantitative estimate of drug-likeness (QED) is 0.770. The number of fused-ring (bicyclic) bond motifs is 1. The third-order valence-electron chi connectivity index (χ3n) is 3.34. The molecule has 0 spiro atoms. The molecule has 0 radical (unpaired) electrons. The highest BCUT2D eigenvalue weighted by Gasteiger charge is 2.18. The first-order valence-corrected chi connectivity index (χ1v) is 6.21. The van der Waals surface area contributed by atoms with Gasteiger partial charge in [0.25, 0.3) is 0 Å². The summed E-state index contributed by atoms with van der Waals surface area (Å²) in [6, 6.07) is 0. The summed E-state index contributed by atoms with van der Waals surface area (Å²) >= 11 is 0. The van der Waals surface area contributed by atoms with E-state index in [1.807, 2.05) is 13.1 Å². The van der Waals surface area contributed by atoms with E-state index in [4.69, 9.17) is 0 Å². The van der Waals surface area contributed by atoms with E-state index in [2.05, 4.69) is 10.8 Å². The van der Waals surface area contributed by atoms with Crippen molar-refractivity contribution in [3.63, 3.8) is 0 Å². The second-order valence-corrected chi connectivity index (χ2v) is 4.88. The van der Waals surface area contributed by atoms with Gasteiger partial charge in [-0.1, -0.05) is 6.42 Å². The second-order valence-electron chi connectivity index (χ2n) is 4.88. The maximum Gasteiger partial charge on any atom is 0.0807 e. The van der Waals surface area contributed by atoms with E-state index in [9.17, 15) is 10.2 Å². The molecule has 2 rings (SSSR count). The van der Waals surface area contributed by atoms with Gasteiger partial charge in [-0.05, 0) is 38.2 Å². The van der Waals surface area contributed by atoms with Crippen LogP contribution in [-0.4, -0.2) is 20.9 Å². The molecule has 0 aliphatic heterocycles. The molecule has 90 valence electrons. The van der Waals surface area contributed by atoms with Crippen molar-refractivity contribution in [2.75, 3.05) is 0 Å². The molecule has 1 aromatic heterocycles. The van der Waals surface area contributed by atoms with Crippen molar-refractivity contribution in [2.24, 2.45) is 0 Å². The number of hydrogen-bond acceptors (Lipinski definition) is 2. The van der Waals surface area contributed by atoms with Crippen LogP contribution in [0.5, 0.6) is 0 Å². The Labute approximate surface area is 96.7 Å². The van der Waals surface area contributed by atoms with Crippen LogP contribution in [0.3, 0.4) is 0 Å². The number of hydrogen-bond donors (Lipinski definition) is 2. The molecule has 0 bridgehead atoms. The third-order valence-corrected chi connectivity index (χ3v) is 3.34. The average molecular weight is 223 g/mol. The first kappa shape index (κ1) is 11.7. The molecule has 1 heterocycles. The SMILES string of the molecule is CC(O)CCn1cc2c(c1)C(O)CCCC2. The Morgan fingerprint density at radius 3 is 3.00 bits per heavy atom. The predicted molar refractivity (Wildman–Crippen MR) is 63.2 cm³/mol. The lowest BCUT2D eigenvalue weighted by atomic mass is 10.1. The summed E-state index contributed by atoms with van der Waals surface area (Å²) in [5.74, 6) is 0. The van der Waals surface area contributed by atoms with Gasteiger partial charge in [0.05, 0.1) is 12.2 Å². The van der Waals surface area contributed by atoms with Gasteiger partial charge >= 0.3 is 0 Å². The van der Waals surface area contributed by atoms with Crippen LogP contribution in [0.15, 0.2) is 12.4 Å². The van der Waals surface area contributed by atoms with Crippen LogP contribution in [0.25, 0.3) is 0 Å². The van der Waals surface area contributed by atoms with Crippen molar-refractivity contribution in [1.29, 1.82) is 0 Å². The Balaban J connectivity index is 2.09. The topological polar surface area (TPSA) is 45.4 Å². The normalized spacial score (nSPS) is 22.6. The second kappa shape index (κ2) is 5.02. The maximum absolute atomic E-state index is 9.97. The summed E-state index contributed by atoms with van der Waals surface area (Å²) in [7, 11) is 0. The van der Waals surface area contributed by atoms with E-state index in [1.165, 1.54) is 12.0 Å². The molecule has 0 saturated carbocycles. The van der Waals surface area contributed by atoms with Crippen molar-refractivity contribution in [1.82, 2.24) is 4.57 Å². The highest BCUT2D eigenvalue weighted by Crippen LogP contribution is 2.29. The van der Waals surface area contributed by atoms with Gasteiger partial charge < -0.3 is 14.8 Å². The van der Waals surface area contributed by atoms with Crippen LogP contribution in [-0.2, 0) is 13.0 Å². The highest BCUT2D eigenvalue weighted by molar-refractivity contribution is 5.27. The fourth-order valence-corrected chi connectivity index (χ4v) is 2.36. The molecular formula is C13H21NO2. The van der Waals surface area contributed by atoms with Crippen molar-refractivity contribution >= 4 is 0 Å². The van der Waals surface area contributed by atoms with Crippen LogP contribution < -0.4 is 0 Å². The van der Waals surface area contributed by atoms with Crippen LogP contribution in [0, 0.1) is 0 Å². The van der Waals surface area contributed by atoms with E-state index in [0.29, 0.717) is 0 Å². The minimum absolute atomic E-state index is 0.257. The molecule has 0 amide bonds. The summed E-state index contributed by atoms with van der Waals surface area (Å²) in [6.07, 6.45) is 8.65. The van der Waals surface area contributed by atoms with Crippen molar-refractivity contribution in [2.45, 2.75) is 57.8 Å². The van der Waals surface area contributed by atoms with E-state index in [1.54, 1.807) is 0 Å². The summed E-state index contributed by atoms with van der Waals surface area (Å²) < 4.78 is 2.10. The molecule has 2 unspecified atom stereocenters. The van der Waals surface area contributed by atoms with Crippen molar-refractivity contribution in [3.05, 3.63) is 23.5 Å². The molecule has 0 fully saturated rings. The summed E-state index contributed by atoms with van der Waals surface area (Å²) in [6.45, 7) is 2.64. The molecule has 3 heteroatoms. The van der Waals surface area contributed by atoms with E-state index in [-0.39, 0.29) is 12.2 Å². The Bertz CT molecular complexity index is 344. The van der Waals surface area contributed by atoms with Gasteiger partial charge in [-0.3, -0.25) is 0 Å². The van der Waals surface area contributed by atoms with Crippen LogP contribution in [0.4, 0.5) is 0 Å². The molecule has 3 nitrogen and oxygen atoms in total. The zero-order chi connectivity index (χ0) is 11.5. The van der Waals surface area contributed by atoms with Gasteiger partial charge in [0.1, 0.15) is 0 Å². The van der Waals surface area contributed by atoms with Gasteiger partial charge in [0, 0.05) is 24.5 Å². The Morgan fingerprint density at radius 1 is 1.44 bits per heavy atom. The van der Waals surface area contributed by atoms with E-state index >= 15 is 0 Å².